The maximum atomic E-state index is 14.3. The molecule has 1 aliphatic rings. The van der Waals surface area contributed by atoms with Gasteiger partial charge in [0.2, 0.25) is 10.0 Å². The first-order chi connectivity index (χ1) is 15.5. The molecule has 33 heavy (non-hydrogen) atoms. The SMILES string of the molecule is CC.O=C(Nc1cc(F)c(F)c(F)c1)c1ccc(F)c(S(=O)(=O)N2CCC(F)CC(O)C2)c1. The number of sulfonamides is 1. The number of β-amino-alcohol motifs (C(OH)–C–C–N with tert-alkyl or cyclic N) is 1. The topological polar surface area (TPSA) is 86.7 Å². The highest BCUT2D eigenvalue weighted by Crippen LogP contribution is 2.25. The van der Waals surface area contributed by atoms with Crippen molar-refractivity contribution in [3.63, 3.8) is 0 Å². The molecule has 6 nitrogen and oxygen atoms in total. The molecular weight excluding hydrogens is 471 g/mol. The maximum Gasteiger partial charge on any atom is 0.255 e. The zero-order chi connectivity index (χ0) is 24.9. The van der Waals surface area contributed by atoms with Crippen molar-refractivity contribution >= 4 is 21.6 Å². The van der Waals surface area contributed by atoms with Gasteiger partial charge in [-0.25, -0.2) is 30.4 Å². The van der Waals surface area contributed by atoms with Gasteiger partial charge in [-0.15, -0.1) is 0 Å². The minimum Gasteiger partial charge on any atom is -0.392 e. The number of benzene rings is 2. The van der Waals surface area contributed by atoms with Crippen LogP contribution >= 0.6 is 0 Å². The van der Waals surface area contributed by atoms with E-state index < -0.39 is 68.6 Å². The molecule has 12 heteroatoms. The Morgan fingerprint density at radius 3 is 2.27 bits per heavy atom. The Labute approximate surface area is 188 Å². The molecule has 182 valence electrons. The molecular formula is C21H23F5N2O4S. The zero-order valence-electron chi connectivity index (χ0n) is 17.8. The van der Waals surface area contributed by atoms with Crippen molar-refractivity contribution in [1.82, 2.24) is 4.31 Å². The van der Waals surface area contributed by atoms with Crippen molar-refractivity contribution < 1.29 is 40.3 Å². The summed E-state index contributed by atoms with van der Waals surface area (Å²) in [4.78, 5) is 11.5. The molecule has 2 aromatic carbocycles. The third kappa shape index (κ3) is 6.27. The molecule has 0 bridgehead atoms. The fraction of sp³-hybridized carbons (Fsp3) is 0.381. The summed E-state index contributed by atoms with van der Waals surface area (Å²) in [5, 5.41) is 11.9. The Morgan fingerprint density at radius 2 is 1.67 bits per heavy atom. The second kappa shape index (κ2) is 11.0. The Morgan fingerprint density at radius 1 is 1.06 bits per heavy atom. The van der Waals surface area contributed by atoms with Crippen LogP contribution in [0.1, 0.15) is 37.0 Å². The second-order valence-electron chi connectivity index (χ2n) is 6.99. The molecule has 2 atom stereocenters. The van der Waals surface area contributed by atoms with E-state index in [1.165, 1.54) is 0 Å². The van der Waals surface area contributed by atoms with E-state index in [9.17, 15) is 40.3 Å². The van der Waals surface area contributed by atoms with Crippen LogP contribution < -0.4 is 5.32 Å². The van der Waals surface area contributed by atoms with Crippen LogP contribution in [-0.4, -0.2) is 49.1 Å². The molecule has 0 aliphatic carbocycles. The average Bonchev–Trinajstić information content (AvgIpc) is 2.93. The summed E-state index contributed by atoms with van der Waals surface area (Å²) >= 11 is 0. The maximum absolute atomic E-state index is 14.3. The molecule has 2 aromatic rings. The number of nitrogens with zero attached hydrogens (tertiary/aromatic N) is 1. The first-order valence-corrected chi connectivity index (χ1v) is 11.5. The first kappa shape index (κ1) is 26.7. The largest absolute Gasteiger partial charge is 0.392 e. The average molecular weight is 494 g/mol. The van der Waals surface area contributed by atoms with Gasteiger partial charge in [0.1, 0.15) is 16.9 Å². The molecule has 1 heterocycles. The van der Waals surface area contributed by atoms with Crippen LogP contribution in [0.4, 0.5) is 27.6 Å². The standard InChI is InChI=1S/C19H17F5N2O4S.C2H6/c20-11-3-4-26(9-13(27)6-11)31(29,30)17-5-10(1-2-14(17)21)19(28)25-12-7-15(22)18(24)16(23)8-12;1-2/h1-2,5,7-8,11,13,27H,3-4,6,9H2,(H,25,28);1-2H3. The van der Waals surface area contributed by atoms with Crippen molar-refractivity contribution in [2.24, 2.45) is 0 Å². The fourth-order valence-electron chi connectivity index (χ4n) is 3.13. The van der Waals surface area contributed by atoms with E-state index in [0.717, 1.165) is 10.4 Å². The number of nitrogens with one attached hydrogen (secondary N) is 1. The predicted molar refractivity (Wildman–Crippen MR) is 111 cm³/mol. The number of anilines is 1. The van der Waals surface area contributed by atoms with Gasteiger partial charge in [-0.1, -0.05) is 13.8 Å². The van der Waals surface area contributed by atoms with Crippen LogP contribution in [0.5, 0.6) is 0 Å². The molecule has 0 aromatic heterocycles. The number of hydrogen-bond acceptors (Lipinski definition) is 4. The molecule has 3 rings (SSSR count). The Kier molecular flexibility index (Phi) is 8.92. The first-order valence-electron chi connectivity index (χ1n) is 10.1. The van der Waals surface area contributed by atoms with Gasteiger partial charge in [-0.2, -0.15) is 4.31 Å². The van der Waals surface area contributed by atoms with E-state index in [1.54, 1.807) is 0 Å². The lowest BCUT2D eigenvalue weighted by Gasteiger charge is -2.22. The number of aliphatic hydroxyl groups is 1. The predicted octanol–water partition coefficient (Wildman–Crippen LogP) is 4.01. The molecule has 2 unspecified atom stereocenters. The van der Waals surface area contributed by atoms with Crippen LogP contribution in [0.3, 0.4) is 0 Å². The molecule has 0 spiro atoms. The van der Waals surface area contributed by atoms with Gasteiger partial charge in [0.05, 0.1) is 6.10 Å². The number of carbonyl (C=O) groups excluding carboxylic acids is 1. The van der Waals surface area contributed by atoms with Gasteiger partial charge in [0.15, 0.2) is 17.5 Å². The van der Waals surface area contributed by atoms with Crippen molar-refractivity contribution in [2.45, 2.75) is 43.9 Å². The van der Waals surface area contributed by atoms with E-state index in [0.29, 0.717) is 24.3 Å². The van der Waals surface area contributed by atoms with E-state index in [1.807, 2.05) is 13.8 Å². The van der Waals surface area contributed by atoms with Gasteiger partial charge < -0.3 is 10.4 Å². The highest BCUT2D eigenvalue weighted by Gasteiger charge is 2.33. The van der Waals surface area contributed by atoms with Crippen molar-refractivity contribution in [3.05, 3.63) is 59.2 Å². The highest BCUT2D eigenvalue weighted by molar-refractivity contribution is 7.89. The number of amides is 1. The van der Waals surface area contributed by atoms with Gasteiger partial charge in [-0.3, -0.25) is 4.79 Å². The Bertz CT molecular complexity index is 1090. The van der Waals surface area contributed by atoms with E-state index in [2.05, 4.69) is 5.32 Å². The molecule has 0 radical (unpaired) electrons. The monoisotopic (exact) mass is 494 g/mol. The van der Waals surface area contributed by atoms with Crippen LogP contribution in [0.2, 0.25) is 0 Å². The van der Waals surface area contributed by atoms with E-state index >= 15 is 0 Å². The number of aliphatic hydroxyl groups excluding tert-OH is 1. The highest BCUT2D eigenvalue weighted by atomic mass is 32.2. The third-order valence-electron chi connectivity index (χ3n) is 4.69. The summed E-state index contributed by atoms with van der Waals surface area (Å²) in [7, 11) is -4.54. The molecule has 1 aliphatic heterocycles. The minimum atomic E-state index is -4.54. The molecule has 1 fully saturated rings. The summed E-state index contributed by atoms with van der Waals surface area (Å²) in [6, 6.07) is 3.39. The number of rotatable bonds is 4. The number of carbonyl (C=O) groups is 1. The van der Waals surface area contributed by atoms with E-state index in [4.69, 9.17) is 0 Å². The fourth-order valence-corrected chi connectivity index (χ4v) is 4.71. The Hall–Kier alpha value is -2.57. The second-order valence-corrected chi connectivity index (χ2v) is 8.90. The Balaban J connectivity index is 0.00000187. The van der Waals surface area contributed by atoms with Crippen molar-refractivity contribution in [2.75, 3.05) is 18.4 Å². The third-order valence-corrected chi connectivity index (χ3v) is 6.57. The smallest absolute Gasteiger partial charge is 0.255 e. The quantitative estimate of drug-likeness (QED) is 0.497. The lowest BCUT2D eigenvalue weighted by Crippen LogP contribution is -2.36. The van der Waals surface area contributed by atoms with Crippen LogP contribution in [0.15, 0.2) is 35.2 Å². The number of alkyl halides is 1. The number of halogens is 5. The molecule has 1 saturated heterocycles. The zero-order valence-corrected chi connectivity index (χ0v) is 18.6. The van der Waals surface area contributed by atoms with Gasteiger partial charge >= 0.3 is 0 Å². The summed E-state index contributed by atoms with van der Waals surface area (Å²) in [6.45, 7) is 3.25. The van der Waals surface area contributed by atoms with Gasteiger partial charge in [0.25, 0.3) is 5.91 Å². The number of hydrogen-bond donors (Lipinski definition) is 2. The lowest BCUT2D eigenvalue weighted by molar-refractivity contribution is 0.102. The van der Waals surface area contributed by atoms with Crippen molar-refractivity contribution in [1.29, 1.82) is 0 Å². The summed E-state index contributed by atoms with van der Waals surface area (Å²) in [6.07, 6.45) is -3.17. The summed E-state index contributed by atoms with van der Waals surface area (Å²) in [5.74, 6) is -7.07. The molecule has 2 N–H and O–H groups in total. The van der Waals surface area contributed by atoms with Gasteiger partial charge in [-0.05, 0) is 24.6 Å². The van der Waals surface area contributed by atoms with Crippen LogP contribution in [0.25, 0.3) is 0 Å². The van der Waals surface area contributed by atoms with Crippen LogP contribution in [0, 0.1) is 23.3 Å². The molecule has 0 saturated carbocycles. The van der Waals surface area contributed by atoms with Crippen LogP contribution in [-0.2, 0) is 10.0 Å². The lowest BCUT2D eigenvalue weighted by atomic mass is 10.1. The molecule has 1 amide bonds. The normalized spacial score (nSPS) is 19.3. The van der Waals surface area contributed by atoms with Crippen molar-refractivity contribution in [3.8, 4) is 0 Å². The summed E-state index contributed by atoms with van der Waals surface area (Å²) < 4.78 is 94.0. The minimum absolute atomic E-state index is 0.195. The summed E-state index contributed by atoms with van der Waals surface area (Å²) in [5.41, 5.74) is -0.816. The van der Waals surface area contributed by atoms with E-state index in [-0.39, 0.29) is 24.9 Å². The van der Waals surface area contributed by atoms with Gasteiger partial charge in [0, 0.05) is 42.9 Å².